The molecule has 0 radical (unpaired) electrons. The maximum Gasteiger partial charge on any atom is 0.220 e. The Morgan fingerprint density at radius 3 is 2.50 bits per heavy atom. The van der Waals surface area contributed by atoms with Crippen LogP contribution < -0.4 is 5.32 Å². The number of carbonyl (C=O) groups is 1. The zero-order valence-electron chi connectivity index (χ0n) is 12.3. The van der Waals surface area contributed by atoms with Crippen LogP contribution in [0.2, 0.25) is 0 Å². The van der Waals surface area contributed by atoms with Crippen molar-refractivity contribution in [2.24, 2.45) is 0 Å². The molecule has 1 unspecified atom stereocenters. The summed E-state index contributed by atoms with van der Waals surface area (Å²) in [5, 5.41) is 12.5. The van der Waals surface area contributed by atoms with E-state index in [0.717, 1.165) is 12.8 Å². The normalized spacial score (nSPS) is 11.9. The third-order valence-corrected chi connectivity index (χ3v) is 3.47. The van der Waals surface area contributed by atoms with Crippen LogP contribution in [0.15, 0.2) is 54.6 Å². The Kier molecular flexibility index (Phi) is 6.10. The zero-order valence-corrected chi connectivity index (χ0v) is 12.3. The minimum Gasteiger partial charge on any atom is -0.386 e. The Balaban J connectivity index is 1.70. The van der Waals surface area contributed by atoms with E-state index in [-0.39, 0.29) is 18.0 Å². The fourth-order valence-corrected chi connectivity index (χ4v) is 2.25. The minimum absolute atomic E-state index is 0.0190. The van der Waals surface area contributed by atoms with Crippen LogP contribution in [0.5, 0.6) is 0 Å². The van der Waals surface area contributed by atoms with Crippen LogP contribution in [0.3, 0.4) is 0 Å². The van der Waals surface area contributed by atoms with E-state index in [2.05, 4.69) is 5.32 Å². The molecule has 0 aliphatic heterocycles. The SMILES string of the molecule is O=C(CCCc1ccccc1)NCC(O)c1ccccc1F. The molecule has 0 fully saturated rings. The summed E-state index contributed by atoms with van der Waals surface area (Å²) in [5.74, 6) is -0.598. The highest BCUT2D eigenvalue weighted by atomic mass is 19.1. The van der Waals surface area contributed by atoms with Crippen molar-refractivity contribution >= 4 is 5.91 Å². The number of nitrogens with one attached hydrogen (secondary N) is 1. The molecule has 116 valence electrons. The summed E-state index contributed by atoms with van der Waals surface area (Å²) in [6.07, 6.45) is 0.938. The van der Waals surface area contributed by atoms with Crippen molar-refractivity contribution in [2.45, 2.75) is 25.4 Å². The van der Waals surface area contributed by atoms with E-state index < -0.39 is 11.9 Å². The van der Waals surface area contributed by atoms with Gasteiger partial charge in [0.05, 0.1) is 6.10 Å². The second kappa shape index (κ2) is 8.29. The topological polar surface area (TPSA) is 49.3 Å². The Labute approximate surface area is 129 Å². The minimum atomic E-state index is -1.03. The van der Waals surface area contributed by atoms with Crippen LogP contribution in [0.25, 0.3) is 0 Å². The third kappa shape index (κ3) is 4.97. The van der Waals surface area contributed by atoms with Gasteiger partial charge in [0.1, 0.15) is 5.82 Å². The molecule has 2 N–H and O–H groups in total. The molecule has 0 bridgehead atoms. The van der Waals surface area contributed by atoms with Gasteiger partial charge in [0.25, 0.3) is 0 Å². The van der Waals surface area contributed by atoms with Gasteiger partial charge >= 0.3 is 0 Å². The van der Waals surface area contributed by atoms with Crippen LogP contribution in [0.4, 0.5) is 4.39 Å². The lowest BCUT2D eigenvalue weighted by Crippen LogP contribution is -2.28. The number of carbonyl (C=O) groups excluding carboxylic acids is 1. The largest absolute Gasteiger partial charge is 0.386 e. The van der Waals surface area contributed by atoms with Crippen molar-refractivity contribution in [3.05, 3.63) is 71.5 Å². The summed E-state index contributed by atoms with van der Waals surface area (Å²) in [6, 6.07) is 16.0. The quantitative estimate of drug-likeness (QED) is 0.826. The van der Waals surface area contributed by atoms with Crippen LogP contribution in [0.1, 0.15) is 30.1 Å². The van der Waals surface area contributed by atoms with E-state index in [0.29, 0.717) is 6.42 Å². The predicted octanol–water partition coefficient (Wildman–Crippen LogP) is 3.00. The first kappa shape index (κ1) is 16.2. The summed E-state index contributed by atoms with van der Waals surface area (Å²) in [7, 11) is 0. The number of aliphatic hydroxyl groups is 1. The Morgan fingerprint density at radius 2 is 1.77 bits per heavy atom. The van der Waals surface area contributed by atoms with Crippen molar-refractivity contribution in [1.82, 2.24) is 5.32 Å². The molecule has 0 aromatic heterocycles. The highest BCUT2D eigenvalue weighted by molar-refractivity contribution is 5.75. The molecule has 4 heteroatoms. The number of hydrogen-bond acceptors (Lipinski definition) is 2. The average Bonchev–Trinajstić information content (AvgIpc) is 2.54. The smallest absolute Gasteiger partial charge is 0.220 e. The highest BCUT2D eigenvalue weighted by Crippen LogP contribution is 2.15. The van der Waals surface area contributed by atoms with Gasteiger partial charge in [-0.25, -0.2) is 4.39 Å². The molecule has 1 amide bonds. The number of aliphatic hydroxyl groups excluding tert-OH is 1. The van der Waals surface area contributed by atoms with E-state index in [1.165, 1.54) is 17.7 Å². The van der Waals surface area contributed by atoms with Crippen molar-refractivity contribution in [1.29, 1.82) is 0 Å². The standard InChI is InChI=1S/C18H20FNO2/c19-16-11-5-4-10-15(16)17(21)13-20-18(22)12-6-9-14-7-2-1-3-8-14/h1-5,7-8,10-11,17,21H,6,9,12-13H2,(H,20,22). The molecule has 1 atom stereocenters. The molecule has 0 heterocycles. The molecule has 0 spiro atoms. The molecule has 0 aliphatic carbocycles. The maximum atomic E-state index is 13.5. The molecule has 2 rings (SSSR count). The van der Waals surface area contributed by atoms with Crippen molar-refractivity contribution in [2.75, 3.05) is 6.54 Å². The van der Waals surface area contributed by atoms with Gasteiger partial charge < -0.3 is 10.4 Å². The number of benzene rings is 2. The number of halogens is 1. The maximum absolute atomic E-state index is 13.5. The molecule has 2 aromatic rings. The molecule has 0 aliphatic rings. The first-order valence-corrected chi connectivity index (χ1v) is 7.40. The number of rotatable bonds is 7. The van der Waals surface area contributed by atoms with Gasteiger partial charge in [-0.2, -0.15) is 0 Å². The van der Waals surface area contributed by atoms with Crippen molar-refractivity contribution in [3.8, 4) is 0 Å². The van der Waals surface area contributed by atoms with Crippen molar-refractivity contribution < 1.29 is 14.3 Å². The van der Waals surface area contributed by atoms with Gasteiger partial charge in [0.2, 0.25) is 5.91 Å². The van der Waals surface area contributed by atoms with Gasteiger partial charge in [-0.15, -0.1) is 0 Å². The second-order valence-corrected chi connectivity index (χ2v) is 5.18. The molecule has 22 heavy (non-hydrogen) atoms. The van der Waals surface area contributed by atoms with Gasteiger partial charge in [-0.3, -0.25) is 4.79 Å². The Bertz CT molecular complexity index is 601. The van der Waals surface area contributed by atoms with E-state index in [1.54, 1.807) is 12.1 Å². The van der Waals surface area contributed by atoms with Crippen LogP contribution >= 0.6 is 0 Å². The van der Waals surface area contributed by atoms with Crippen molar-refractivity contribution in [3.63, 3.8) is 0 Å². The van der Waals surface area contributed by atoms with E-state index in [4.69, 9.17) is 0 Å². The van der Waals surface area contributed by atoms with Gasteiger partial charge in [-0.05, 0) is 24.5 Å². The molecule has 0 saturated carbocycles. The fraction of sp³-hybridized carbons (Fsp3) is 0.278. The molecule has 3 nitrogen and oxygen atoms in total. The van der Waals surface area contributed by atoms with Gasteiger partial charge in [0, 0.05) is 18.5 Å². The van der Waals surface area contributed by atoms with E-state index in [1.807, 2.05) is 30.3 Å². The number of amides is 1. The zero-order chi connectivity index (χ0) is 15.8. The fourth-order valence-electron chi connectivity index (χ4n) is 2.25. The van der Waals surface area contributed by atoms with Crippen LogP contribution in [0, 0.1) is 5.82 Å². The Morgan fingerprint density at radius 1 is 1.09 bits per heavy atom. The average molecular weight is 301 g/mol. The summed E-state index contributed by atoms with van der Waals surface area (Å²) >= 11 is 0. The summed E-state index contributed by atoms with van der Waals surface area (Å²) in [4.78, 5) is 11.7. The summed E-state index contributed by atoms with van der Waals surface area (Å²) < 4.78 is 13.5. The van der Waals surface area contributed by atoms with Gasteiger partial charge in [0.15, 0.2) is 0 Å². The number of hydrogen-bond donors (Lipinski definition) is 2. The molecule has 2 aromatic carbocycles. The monoisotopic (exact) mass is 301 g/mol. The first-order valence-electron chi connectivity index (χ1n) is 7.40. The lowest BCUT2D eigenvalue weighted by molar-refractivity contribution is -0.121. The van der Waals surface area contributed by atoms with E-state index in [9.17, 15) is 14.3 Å². The Hall–Kier alpha value is -2.20. The van der Waals surface area contributed by atoms with Crippen LogP contribution in [-0.4, -0.2) is 17.6 Å². The second-order valence-electron chi connectivity index (χ2n) is 5.18. The highest BCUT2D eigenvalue weighted by Gasteiger charge is 2.13. The molecule has 0 saturated heterocycles. The van der Waals surface area contributed by atoms with E-state index >= 15 is 0 Å². The third-order valence-electron chi connectivity index (χ3n) is 3.47. The summed E-state index contributed by atoms with van der Waals surface area (Å²) in [6.45, 7) is 0.0190. The number of aryl methyl sites for hydroxylation is 1. The lowest BCUT2D eigenvalue weighted by atomic mass is 10.1. The van der Waals surface area contributed by atoms with Crippen LogP contribution in [-0.2, 0) is 11.2 Å². The molecular weight excluding hydrogens is 281 g/mol. The lowest BCUT2D eigenvalue weighted by Gasteiger charge is -2.13. The summed E-state index contributed by atoms with van der Waals surface area (Å²) in [5.41, 5.74) is 1.40. The van der Waals surface area contributed by atoms with Gasteiger partial charge in [-0.1, -0.05) is 48.5 Å². The predicted molar refractivity (Wildman–Crippen MR) is 83.7 cm³/mol. The molecular formula is C18H20FNO2. The first-order chi connectivity index (χ1) is 10.7.